The Morgan fingerprint density at radius 3 is 2.57 bits per heavy atom. The first-order valence-electron chi connectivity index (χ1n) is 6.87. The van der Waals surface area contributed by atoms with E-state index in [1.165, 1.54) is 14.0 Å². The van der Waals surface area contributed by atoms with E-state index in [2.05, 4.69) is 27.6 Å². The van der Waals surface area contributed by atoms with Gasteiger partial charge in [0.2, 0.25) is 0 Å². The van der Waals surface area contributed by atoms with Crippen LogP contribution in [0.5, 0.6) is 11.5 Å². The van der Waals surface area contributed by atoms with Crippen LogP contribution in [-0.4, -0.2) is 30.5 Å². The maximum Gasteiger partial charge on any atom is 0.344 e. The van der Waals surface area contributed by atoms with Crippen LogP contribution in [-0.2, 0) is 4.79 Å². The number of para-hydroxylation sites is 1. The number of carboxylic acid groups (broad SMARTS) is 1. The molecule has 1 N–H and O–H groups in total. The van der Waals surface area contributed by atoms with E-state index in [-0.39, 0.29) is 0 Å². The summed E-state index contributed by atoms with van der Waals surface area (Å²) >= 11 is 2.23. The highest BCUT2D eigenvalue weighted by molar-refractivity contribution is 14.1. The number of carbonyl (C=O) groups is 1. The fourth-order valence-electron chi connectivity index (χ4n) is 1.82. The molecule has 0 amide bonds. The van der Waals surface area contributed by atoms with Gasteiger partial charge in [0.1, 0.15) is 0 Å². The van der Waals surface area contributed by atoms with Gasteiger partial charge < -0.3 is 14.6 Å². The molecule has 2 aromatic rings. The third kappa shape index (κ3) is 4.69. The summed E-state index contributed by atoms with van der Waals surface area (Å²) in [5.41, 5.74) is 1.45. The zero-order valence-corrected chi connectivity index (χ0v) is 14.9. The number of benzene rings is 2. The zero-order chi connectivity index (χ0) is 16.8. The van der Waals surface area contributed by atoms with Crippen molar-refractivity contribution in [3.63, 3.8) is 0 Å². The molecule has 6 heteroatoms. The molecule has 0 saturated carbocycles. The van der Waals surface area contributed by atoms with Crippen molar-refractivity contribution in [2.75, 3.05) is 7.11 Å². The van der Waals surface area contributed by atoms with Gasteiger partial charge in [0, 0.05) is 15.3 Å². The lowest BCUT2D eigenvalue weighted by Crippen LogP contribution is -2.23. The SMILES string of the molecule is COc1cccc(C=Nc2ccc(I)cc2)c1O[C@@H](C)C(=O)O. The van der Waals surface area contributed by atoms with Gasteiger partial charge in [-0.25, -0.2) is 4.79 Å². The second-order valence-corrected chi connectivity index (χ2v) is 5.96. The summed E-state index contributed by atoms with van der Waals surface area (Å²) in [7, 11) is 1.51. The minimum Gasteiger partial charge on any atom is -0.493 e. The largest absolute Gasteiger partial charge is 0.493 e. The second kappa shape index (κ2) is 7.96. The summed E-state index contributed by atoms with van der Waals surface area (Å²) in [6.07, 6.45) is 0.644. The van der Waals surface area contributed by atoms with Crippen LogP contribution in [0, 0.1) is 3.57 Å². The molecule has 0 aromatic heterocycles. The summed E-state index contributed by atoms with van der Waals surface area (Å²) in [5, 5.41) is 9.03. The van der Waals surface area contributed by atoms with Crippen LogP contribution in [0.25, 0.3) is 0 Å². The average molecular weight is 425 g/mol. The van der Waals surface area contributed by atoms with Crippen LogP contribution in [0.1, 0.15) is 12.5 Å². The molecule has 0 radical (unpaired) electrons. The molecule has 0 aliphatic rings. The van der Waals surface area contributed by atoms with E-state index in [0.717, 1.165) is 9.26 Å². The zero-order valence-electron chi connectivity index (χ0n) is 12.7. The molecule has 120 valence electrons. The molecule has 0 aliphatic carbocycles. The molecule has 0 fully saturated rings. The highest BCUT2D eigenvalue weighted by Gasteiger charge is 2.17. The quantitative estimate of drug-likeness (QED) is 0.563. The molecular weight excluding hydrogens is 409 g/mol. The Balaban J connectivity index is 2.33. The fourth-order valence-corrected chi connectivity index (χ4v) is 2.18. The van der Waals surface area contributed by atoms with E-state index in [9.17, 15) is 4.79 Å². The monoisotopic (exact) mass is 425 g/mol. The van der Waals surface area contributed by atoms with Gasteiger partial charge in [0.05, 0.1) is 12.8 Å². The predicted molar refractivity (Wildman–Crippen MR) is 97.1 cm³/mol. The topological polar surface area (TPSA) is 68.1 Å². The number of nitrogens with zero attached hydrogens (tertiary/aromatic N) is 1. The maximum absolute atomic E-state index is 11.0. The smallest absolute Gasteiger partial charge is 0.344 e. The van der Waals surface area contributed by atoms with Crippen molar-refractivity contribution >= 4 is 40.5 Å². The number of halogens is 1. The first-order chi connectivity index (χ1) is 11.0. The molecule has 0 spiro atoms. The highest BCUT2D eigenvalue weighted by Crippen LogP contribution is 2.31. The maximum atomic E-state index is 11.0. The van der Waals surface area contributed by atoms with Crippen LogP contribution in [0.15, 0.2) is 47.5 Å². The van der Waals surface area contributed by atoms with E-state index in [1.54, 1.807) is 24.4 Å². The summed E-state index contributed by atoms with van der Waals surface area (Å²) in [4.78, 5) is 15.4. The lowest BCUT2D eigenvalue weighted by molar-refractivity contribution is -0.144. The summed E-state index contributed by atoms with van der Waals surface area (Å²) in [5.74, 6) is -0.222. The van der Waals surface area contributed by atoms with Crippen molar-refractivity contribution in [3.05, 3.63) is 51.6 Å². The van der Waals surface area contributed by atoms with Gasteiger partial charge in [0.15, 0.2) is 17.6 Å². The predicted octanol–water partition coefficient (Wildman–Crippen LogP) is 3.90. The van der Waals surface area contributed by atoms with Crippen molar-refractivity contribution in [3.8, 4) is 11.5 Å². The van der Waals surface area contributed by atoms with Crippen molar-refractivity contribution in [2.45, 2.75) is 13.0 Å². The van der Waals surface area contributed by atoms with E-state index in [1.807, 2.05) is 24.3 Å². The van der Waals surface area contributed by atoms with Crippen LogP contribution >= 0.6 is 22.6 Å². The molecule has 0 aliphatic heterocycles. The molecular formula is C17H16INO4. The first kappa shape index (κ1) is 17.3. The van der Waals surface area contributed by atoms with E-state index < -0.39 is 12.1 Å². The Hall–Kier alpha value is -2.09. The minimum atomic E-state index is -1.04. The van der Waals surface area contributed by atoms with Crippen molar-refractivity contribution in [1.29, 1.82) is 0 Å². The molecule has 5 nitrogen and oxygen atoms in total. The van der Waals surface area contributed by atoms with Gasteiger partial charge in [-0.1, -0.05) is 6.07 Å². The van der Waals surface area contributed by atoms with Crippen molar-refractivity contribution in [2.24, 2.45) is 4.99 Å². The van der Waals surface area contributed by atoms with Crippen LogP contribution in [0.2, 0.25) is 0 Å². The Morgan fingerprint density at radius 2 is 1.96 bits per heavy atom. The van der Waals surface area contributed by atoms with Gasteiger partial charge in [-0.15, -0.1) is 0 Å². The molecule has 2 aromatic carbocycles. The lowest BCUT2D eigenvalue weighted by atomic mass is 10.2. The Kier molecular flexibility index (Phi) is 5.97. The summed E-state index contributed by atoms with van der Waals surface area (Å²) in [6.45, 7) is 1.47. The van der Waals surface area contributed by atoms with Gasteiger partial charge in [-0.05, 0) is 65.9 Å². The average Bonchev–Trinajstić information content (AvgIpc) is 2.55. The molecule has 23 heavy (non-hydrogen) atoms. The number of aliphatic imine (C=N–C) groups is 1. The number of rotatable bonds is 6. The number of ether oxygens (including phenoxy) is 2. The van der Waals surface area contributed by atoms with Gasteiger partial charge in [-0.3, -0.25) is 4.99 Å². The molecule has 2 rings (SSSR count). The van der Waals surface area contributed by atoms with Gasteiger partial charge in [-0.2, -0.15) is 0 Å². The van der Waals surface area contributed by atoms with Crippen LogP contribution < -0.4 is 9.47 Å². The number of hydrogen-bond donors (Lipinski definition) is 1. The third-order valence-electron chi connectivity index (χ3n) is 3.05. The van der Waals surface area contributed by atoms with Crippen LogP contribution in [0.4, 0.5) is 5.69 Å². The fraction of sp³-hybridized carbons (Fsp3) is 0.176. The van der Waals surface area contributed by atoms with E-state index in [0.29, 0.717) is 17.1 Å². The molecule has 0 heterocycles. The Morgan fingerprint density at radius 1 is 1.26 bits per heavy atom. The number of methoxy groups -OCH3 is 1. The minimum absolute atomic E-state index is 0.360. The van der Waals surface area contributed by atoms with Crippen molar-refractivity contribution < 1.29 is 19.4 Å². The molecule has 0 unspecified atom stereocenters. The highest BCUT2D eigenvalue weighted by atomic mass is 127. The third-order valence-corrected chi connectivity index (χ3v) is 3.77. The number of hydrogen-bond acceptors (Lipinski definition) is 4. The van der Waals surface area contributed by atoms with E-state index in [4.69, 9.17) is 14.6 Å². The molecule has 0 bridgehead atoms. The molecule has 0 saturated heterocycles. The Bertz CT molecular complexity index is 713. The first-order valence-corrected chi connectivity index (χ1v) is 7.95. The summed E-state index contributed by atoms with van der Waals surface area (Å²) < 4.78 is 11.9. The summed E-state index contributed by atoms with van der Waals surface area (Å²) in [6, 6.07) is 13.0. The van der Waals surface area contributed by atoms with Crippen LogP contribution in [0.3, 0.4) is 0 Å². The lowest BCUT2D eigenvalue weighted by Gasteiger charge is -2.15. The standard InChI is InChI=1S/C17H16INO4/c1-11(17(20)21)23-16-12(4-3-5-15(16)22-2)10-19-14-8-6-13(18)7-9-14/h3-11H,1-2H3,(H,20,21)/t11-/m0/s1. The van der Waals surface area contributed by atoms with Gasteiger partial charge in [0.25, 0.3) is 0 Å². The Labute approximate surface area is 148 Å². The van der Waals surface area contributed by atoms with Gasteiger partial charge >= 0.3 is 5.97 Å². The van der Waals surface area contributed by atoms with E-state index >= 15 is 0 Å². The number of aliphatic carboxylic acids is 1. The number of carboxylic acids is 1. The van der Waals surface area contributed by atoms with Crippen molar-refractivity contribution in [1.82, 2.24) is 0 Å². The molecule has 1 atom stereocenters. The normalized spacial score (nSPS) is 12.1. The second-order valence-electron chi connectivity index (χ2n) is 4.71.